The first-order valence-electron chi connectivity index (χ1n) is 6.34. The van der Waals surface area contributed by atoms with Crippen LogP contribution in [0.3, 0.4) is 0 Å². The highest BCUT2D eigenvalue weighted by Crippen LogP contribution is 2.09. The fourth-order valence-electron chi connectivity index (χ4n) is 1.90. The van der Waals surface area contributed by atoms with Crippen molar-refractivity contribution in [1.29, 1.82) is 0 Å². The minimum absolute atomic E-state index is 0.244. The molecule has 1 N–H and O–H groups in total. The topological polar surface area (TPSA) is 32.3 Å². The summed E-state index contributed by atoms with van der Waals surface area (Å²) in [7, 11) is 0. The number of nitrogens with one attached hydrogen (secondary N) is 1. The van der Waals surface area contributed by atoms with Crippen molar-refractivity contribution in [2.24, 2.45) is 0 Å². The van der Waals surface area contributed by atoms with Crippen LogP contribution in [0.1, 0.15) is 25.7 Å². The van der Waals surface area contributed by atoms with Crippen LogP contribution in [0.4, 0.5) is 0 Å². The fraction of sp³-hybridized carbons (Fsp3) is 0.769. The lowest BCUT2D eigenvalue weighted by atomic mass is 10.2. The molecule has 4 heteroatoms. The Balaban J connectivity index is 2.05. The third kappa shape index (κ3) is 6.60. The smallest absolute Gasteiger partial charge is 0.236 e. The molecule has 0 spiro atoms. The minimum atomic E-state index is 0.244. The van der Waals surface area contributed by atoms with Crippen LogP contribution in [0.25, 0.3) is 0 Å². The summed E-state index contributed by atoms with van der Waals surface area (Å²) in [5.41, 5.74) is 0. The largest absolute Gasteiger partial charge is 0.342 e. The van der Waals surface area contributed by atoms with E-state index in [0.29, 0.717) is 6.54 Å². The Labute approximate surface area is 109 Å². The van der Waals surface area contributed by atoms with Gasteiger partial charge in [-0.3, -0.25) is 4.79 Å². The summed E-state index contributed by atoms with van der Waals surface area (Å²) in [6.45, 7) is 3.20. The molecule has 1 heterocycles. The molecule has 0 bridgehead atoms. The molecule has 96 valence electrons. The van der Waals surface area contributed by atoms with Crippen molar-refractivity contribution in [2.75, 3.05) is 37.7 Å². The summed E-state index contributed by atoms with van der Waals surface area (Å²) in [6.07, 6.45) is 9.99. The first-order valence-corrected chi connectivity index (χ1v) is 7.50. The fourth-order valence-corrected chi connectivity index (χ4v) is 2.45. The number of hydrogen-bond donors (Lipinski definition) is 1. The van der Waals surface area contributed by atoms with Gasteiger partial charge in [0.2, 0.25) is 5.91 Å². The second kappa shape index (κ2) is 9.38. The Hall–Kier alpha value is -0.660. The molecular weight excluding hydrogens is 232 g/mol. The van der Waals surface area contributed by atoms with E-state index in [0.717, 1.165) is 44.0 Å². The zero-order valence-corrected chi connectivity index (χ0v) is 11.2. The number of nitrogens with zero attached hydrogens (tertiary/aromatic N) is 1. The van der Waals surface area contributed by atoms with Gasteiger partial charge >= 0.3 is 0 Å². The first-order chi connectivity index (χ1) is 8.34. The predicted octanol–water partition coefficient (Wildman–Crippen LogP) is 1.34. The third-order valence-electron chi connectivity index (χ3n) is 2.84. The second-order valence-corrected chi connectivity index (χ2v) is 5.33. The maximum Gasteiger partial charge on any atom is 0.236 e. The van der Waals surface area contributed by atoms with Gasteiger partial charge in [-0.2, -0.15) is 0 Å². The van der Waals surface area contributed by atoms with Gasteiger partial charge in [-0.05, 0) is 12.8 Å². The van der Waals surface area contributed by atoms with Crippen LogP contribution >= 0.6 is 11.8 Å². The number of thioether (sulfide) groups is 1. The maximum atomic E-state index is 11.9. The van der Waals surface area contributed by atoms with E-state index < -0.39 is 0 Å². The van der Waals surface area contributed by atoms with Crippen LogP contribution in [0, 0.1) is 12.3 Å². The van der Waals surface area contributed by atoms with Gasteiger partial charge in [0, 0.05) is 25.4 Å². The molecule has 0 aromatic carbocycles. The van der Waals surface area contributed by atoms with Crippen molar-refractivity contribution in [3.63, 3.8) is 0 Å². The summed E-state index contributed by atoms with van der Waals surface area (Å²) in [4.78, 5) is 13.9. The van der Waals surface area contributed by atoms with E-state index in [1.807, 2.05) is 4.90 Å². The van der Waals surface area contributed by atoms with E-state index in [4.69, 9.17) is 6.42 Å². The highest BCUT2D eigenvalue weighted by Gasteiger charge is 2.14. The summed E-state index contributed by atoms with van der Waals surface area (Å²) < 4.78 is 0. The zero-order valence-electron chi connectivity index (χ0n) is 10.4. The van der Waals surface area contributed by atoms with Gasteiger partial charge in [0.05, 0.1) is 12.3 Å². The number of rotatable bonds is 6. The quantitative estimate of drug-likeness (QED) is 0.573. The molecule has 1 aliphatic heterocycles. The Morgan fingerprint density at radius 3 is 2.65 bits per heavy atom. The zero-order chi connectivity index (χ0) is 12.3. The lowest BCUT2D eigenvalue weighted by molar-refractivity contribution is -0.130. The van der Waals surface area contributed by atoms with Crippen molar-refractivity contribution in [3.8, 4) is 12.3 Å². The average Bonchev–Trinajstić information content (AvgIpc) is 2.62. The molecule has 0 unspecified atom stereocenters. The maximum absolute atomic E-state index is 11.9. The average molecular weight is 254 g/mol. The van der Waals surface area contributed by atoms with E-state index >= 15 is 0 Å². The number of likely N-dealkylation sites (tertiary alicyclic amines) is 1. The molecule has 1 saturated heterocycles. The van der Waals surface area contributed by atoms with Crippen LogP contribution in [0.2, 0.25) is 0 Å². The number of amides is 1. The summed E-state index contributed by atoms with van der Waals surface area (Å²) in [5.74, 6) is 4.55. The number of terminal acetylenes is 1. The molecule has 0 saturated carbocycles. The molecule has 1 amide bonds. The van der Waals surface area contributed by atoms with Gasteiger partial charge in [0.25, 0.3) is 0 Å². The van der Waals surface area contributed by atoms with Crippen LogP contribution in [0.5, 0.6) is 0 Å². The van der Waals surface area contributed by atoms with Gasteiger partial charge in [0.1, 0.15) is 0 Å². The number of carbonyl (C=O) groups excluding carboxylic acids is 1. The Bertz CT molecular complexity index is 255. The lowest BCUT2D eigenvalue weighted by Gasteiger charge is -2.20. The van der Waals surface area contributed by atoms with E-state index in [-0.39, 0.29) is 5.91 Å². The van der Waals surface area contributed by atoms with Gasteiger partial charge in [-0.15, -0.1) is 18.2 Å². The number of carbonyl (C=O) groups is 1. The van der Waals surface area contributed by atoms with E-state index in [9.17, 15) is 4.79 Å². The first kappa shape index (κ1) is 14.4. The SMILES string of the molecule is C#CCSCCNCC(=O)N1CCCCCC1. The van der Waals surface area contributed by atoms with E-state index in [1.54, 1.807) is 11.8 Å². The normalized spacial score (nSPS) is 16.3. The van der Waals surface area contributed by atoms with Crippen molar-refractivity contribution in [1.82, 2.24) is 10.2 Å². The highest BCUT2D eigenvalue weighted by atomic mass is 32.2. The summed E-state index contributed by atoms with van der Waals surface area (Å²) in [5, 5.41) is 3.18. The van der Waals surface area contributed by atoms with Gasteiger partial charge in [-0.1, -0.05) is 18.8 Å². The molecular formula is C13H22N2OS. The van der Waals surface area contributed by atoms with Crippen molar-refractivity contribution < 1.29 is 4.79 Å². The van der Waals surface area contributed by atoms with Crippen LogP contribution in [-0.2, 0) is 4.79 Å². The summed E-state index contributed by atoms with van der Waals surface area (Å²) >= 11 is 1.72. The molecule has 0 radical (unpaired) electrons. The minimum Gasteiger partial charge on any atom is -0.342 e. The molecule has 17 heavy (non-hydrogen) atoms. The Morgan fingerprint density at radius 2 is 2.00 bits per heavy atom. The van der Waals surface area contributed by atoms with E-state index in [1.165, 1.54) is 12.8 Å². The number of hydrogen-bond acceptors (Lipinski definition) is 3. The van der Waals surface area contributed by atoms with Crippen molar-refractivity contribution in [3.05, 3.63) is 0 Å². The molecule has 0 atom stereocenters. The Morgan fingerprint density at radius 1 is 1.29 bits per heavy atom. The van der Waals surface area contributed by atoms with Crippen LogP contribution in [0.15, 0.2) is 0 Å². The highest BCUT2D eigenvalue weighted by molar-refractivity contribution is 7.99. The molecule has 0 aliphatic carbocycles. The van der Waals surface area contributed by atoms with E-state index in [2.05, 4.69) is 11.2 Å². The van der Waals surface area contributed by atoms with Crippen LogP contribution < -0.4 is 5.32 Å². The summed E-state index contributed by atoms with van der Waals surface area (Å²) in [6, 6.07) is 0. The Kier molecular flexibility index (Phi) is 7.94. The van der Waals surface area contributed by atoms with Gasteiger partial charge < -0.3 is 10.2 Å². The molecule has 1 fully saturated rings. The lowest BCUT2D eigenvalue weighted by Crippen LogP contribution is -2.39. The van der Waals surface area contributed by atoms with Gasteiger partial charge in [-0.25, -0.2) is 0 Å². The van der Waals surface area contributed by atoms with Gasteiger partial charge in [0.15, 0.2) is 0 Å². The monoisotopic (exact) mass is 254 g/mol. The van der Waals surface area contributed by atoms with Crippen molar-refractivity contribution >= 4 is 17.7 Å². The molecule has 0 aromatic rings. The predicted molar refractivity (Wildman–Crippen MR) is 74.1 cm³/mol. The van der Waals surface area contributed by atoms with Crippen molar-refractivity contribution in [2.45, 2.75) is 25.7 Å². The second-order valence-electron chi connectivity index (χ2n) is 4.23. The standard InChI is InChI=1S/C13H22N2OS/c1-2-10-17-11-7-14-12-13(16)15-8-5-3-4-6-9-15/h1,14H,3-12H2. The molecule has 0 aromatic heterocycles. The molecule has 3 nitrogen and oxygen atoms in total. The molecule has 1 aliphatic rings. The third-order valence-corrected chi connectivity index (χ3v) is 3.71. The molecule has 1 rings (SSSR count). The van der Waals surface area contributed by atoms with Crippen LogP contribution in [-0.4, -0.2) is 48.5 Å².